The molecule has 2 fully saturated rings. The predicted molar refractivity (Wildman–Crippen MR) is 80.0 cm³/mol. The zero-order valence-corrected chi connectivity index (χ0v) is 12.7. The molecule has 1 atom stereocenters. The van der Waals surface area contributed by atoms with E-state index in [2.05, 4.69) is 5.32 Å². The van der Waals surface area contributed by atoms with Crippen LogP contribution < -0.4 is 5.32 Å². The molecule has 1 aromatic carbocycles. The fourth-order valence-electron chi connectivity index (χ4n) is 3.68. The van der Waals surface area contributed by atoms with Gasteiger partial charge >= 0.3 is 6.18 Å². The van der Waals surface area contributed by atoms with Crippen molar-refractivity contribution in [2.24, 2.45) is 0 Å². The number of hydrogen-bond acceptors (Lipinski definition) is 3. The van der Waals surface area contributed by atoms with Crippen molar-refractivity contribution in [2.45, 2.75) is 56.3 Å². The Morgan fingerprint density at radius 3 is 2.65 bits per heavy atom. The van der Waals surface area contributed by atoms with Crippen LogP contribution in [0.4, 0.5) is 18.9 Å². The number of ether oxygens (including phenoxy) is 1. The van der Waals surface area contributed by atoms with Gasteiger partial charge in [-0.2, -0.15) is 18.4 Å². The van der Waals surface area contributed by atoms with Gasteiger partial charge in [-0.05, 0) is 43.9 Å². The molecule has 1 N–H and O–H groups in total. The van der Waals surface area contributed by atoms with Crippen LogP contribution in [0.3, 0.4) is 0 Å². The van der Waals surface area contributed by atoms with E-state index in [0.717, 1.165) is 50.7 Å². The second-order valence-electron chi connectivity index (χ2n) is 6.44. The lowest BCUT2D eigenvalue weighted by molar-refractivity contribution is -0.137. The molecule has 1 spiro atoms. The van der Waals surface area contributed by atoms with Crippen molar-refractivity contribution in [1.82, 2.24) is 0 Å². The van der Waals surface area contributed by atoms with E-state index in [-0.39, 0.29) is 17.2 Å². The first-order valence-electron chi connectivity index (χ1n) is 7.94. The summed E-state index contributed by atoms with van der Waals surface area (Å²) < 4.78 is 44.2. The maximum atomic E-state index is 12.7. The highest BCUT2D eigenvalue weighted by Crippen LogP contribution is 2.41. The minimum absolute atomic E-state index is 0.0341. The first-order valence-corrected chi connectivity index (χ1v) is 7.94. The third-order valence-corrected chi connectivity index (χ3v) is 4.83. The Hall–Kier alpha value is -1.74. The standard InChI is InChI=1S/C17H19F3N2O/c18-17(19,20)13-3-4-15(12(9-13)11-21)22-14-5-8-23-16(10-14)6-1-2-7-16/h3-4,9,14,22H,1-2,5-8,10H2. The van der Waals surface area contributed by atoms with Crippen molar-refractivity contribution in [3.63, 3.8) is 0 Å². The number of nitrogens with zero attached hydrogens (tertiary/aromatic N) is 1. The Balaban J connectivity index is 1.76. The van der Waals surface area contributed by atoms with Crippen molar-refractivity contribution in [3.05, 3.63) is 29.3 Å². The maximum absolute atomic E-state index is 12.7. The highest BCUT2D eigenvalue weighted by atomic mass is 19.4. The third-order valence-electron chi connectivity index (χ3n) is 4.83. The first kappa shape index (κ1) is 16.1. The van der Waals surface area contributed by atoms with Crippen LogP contribution in [-0.4, -0.2) is 18.2 Å². The number of benzene rings is 1. The van der Waals surface area contributed by atoms with E-state index in [1.165, 1.54) is 6.07 Å². The molecule has 0 aromatic heterocycles. The quantitative estimate of drug-likeness (QED) is 0.872. The summed E-state index contributed by atoms with van der Waals surface area (Å²) in [4.78, 5) is 0. The highest BCUT2D eigenvalue weighted by Gasteiger charge is 2.40. The van der Waals surface area contributed by atoms with Crippen LogP contribution in [0.1, 0.15) is 49.7 Å². The molecule has 1 aliphatic carbocycles. The normalized spacial score (nSPS) is 23.7. The van der Waals surface area contributed by atoms with Gasteiger partial charge in [-0.15, -0.1) is 0 Å². The molecule has 1 aliphatic heterocycles. The fourth-order valence-corrected chi connectivity index (χ4v) is 3.68. The summed E-state index contributed by atoms with van der Waals surface area (Å²) in [6.45, 7) is 0.653. The smallest absolute Gasteiger partial charge is 0.381 e. The number of halogens is 3. The van der Waals surface area contributed by atoms with E-state index in [0.29, 0.717) is 12.3 Å². The van der Waals surface area contributed by atoms with E-state index in [1.54, 1.807) is 0 Å². The molecule has 1 aromatic rings. The maximum Gasteiger partial charge on any atom is 0.416 e. The van der Waals surface area contributed by atoms with Crippen LogP contribution in [0.2, 0.25) is 0 Å². The Bertz CT molecular complexity index is 615. The third kappa shape index (κ3) is 3.45. The molecular formula is C17H19F3N2O. The fraction of sp³-hybridized carbons (Fsp3) is 0.588. The molecule has 1 unspecified atom stereocenters. The lowest BCUT2D eigenvalue weighted by Gasteiger charge is -2.39. The van der Waals surface area contributed by atoms with Gasteiger partial charge < -0.3 is 10.1 Å². The molecule has 1 saturated carbocycles. The molecule has 3 nitrogen and oxygen atoms in total. The monoisotopic (exact) mass is 324 g/mol. The van der Waals surface area contributed by atoms with Crippen molar-refractivity contribution >= 4 is 5.69 Å². The van der Waals surface area contributed by atoms with E-state index < -0.39 is 11.7 Å². The SMILES string of the molecule is N#Cc1cc(C(F)(F)F)ccc1NC1CCOC2(CCCC2)C1. The highest BCUT2D eigenvalue weighted by molar-refractivity contribution is 5.59. The molecule has 0 amide bonds. The summed E-state index contributed by atoms with van der Waals surface area (Å²) >= 11 is 0. The molecule has 0 radical (unpaired) electrons. The molecule has 124 valence electrons. The molecule has 0 bridgehead atoms. The number of rotatable bonds is 2. The van der Waals surface area contributed by atoms with Crippen molar-refractivity contribution in [2.75, 3.05) is 11.9 Å². The molecule has 6 heteroatoms. The summed E-state index contributed by atoms with van der Waals surface area (Å²) in [6, 6.07) is 5.29. The van der Waals surface area contributed by atoms with E-state index in [4.69, 9.17) is 10.00 Å². The Morgan fingerprint density at radius 1 is 1.26 bits per heavy atom. The van der Waals surface area contributed by atoms with Crippen LogP contribution in [0, 0.1) is 11.3 Å². The Kier molecular flexibility index (Phi) is 4.24. The zero-order chi connectivity index (χ0) is 16.5. The van der Waals surface area contributed by atoms with E-state index in [9.17, 15) is 13.2 Å². The first-order chi connectivity index (χ1) is 10.9. The molecule has 2 aliphatic rings. The van der Waals surface area contributed by atoms with Crippen molar-refractivity contribution < 1.29 is 17.9 Å². The van der Waals surface area contributed by atoms with Crippen LogP contribution in [0.25, 0.3) is 0 Å². The van der Waals surface area contributed by atoms with Crippen molar-refractivity contribution in [1.29, 1.82) is 5.26 Å². The molecule has 1 heterocycles. The van der Waals surface area contributed by atoms with Crippen LogP contribution >= 0.6 is 0 Å². The summed E-state index contributed by atoms with van der Waals surface area (Å²) in [7, 11) is 0. The molecule has 3 rings (SSSR count). The minimum Gasteiger partial charge on any atom is -0.381 e. The topological polar surface area (TPSA) is 45.0 Å². The summed E-state index contributed by atoms with van der Waals surface area (Å²) in [6.07, 6.45) is 1.63. The zero-order valence-electron chi connectivity index (χ0n) is 12.7. The van der Waals surface area contributed by atoms with Gasteiger partial charge in [0.05, 0.1) is 22.4 Å². The van der Waals surface area contributed by atoms with Gasteiger partial charge in [-0.1, -0.05) is 12.8 Å². The second-order valence-corrected chi connectivity index (χ2v) is 6.44. The minimum atomic E-state index is -4.43. The predicted octanol–water partition coefficient (Wildman–Crippen LogP) is 4.48. The Labute approximate surface area is 133 Å². The number of nitriles is 1. The lowest BCUT2D eigenvalue weighted by Crippen LogP contribution is -2.42. The van der Waals surface area contributed by atoms with Gasteiger partial charge in [0.25, 0.3) is 0 Å². The molecular weight excluding hydrogens is 305 g/mol. The molecule has 1 saturated heterocycles. The van der Waals surface area contributed by atoms with Crippen LogP contribution in [-0.2, 0) is 10.9 Å². The largest absolute Gasteiger partial charge is 0.416 e. The Morgan fingerprint density at radius 2 is 2.00 bits per heavy atom. The van der Waals surface area contributed by atoms with Crippen molar-refractivity contribution in [3.8, 4) is 6.07 Å². The van der Waals surface area contributed by atoms with E-state index >= 15 is 0 Å². The van der Waals surface area contributed by atoms with Gasteiger partial charge in [0.2, 0.25) is 0 Å². The average molecular weight is 324 g/mol. The summed E-state index contributed by atoms with van der Waals surface area (Å²) in [5.41, 5.74) is -0.361. The van der Waals surface area contributed by atoms with Gasteiger partial charge in [-0.25, -0.2) is 0 Å². The summed E-state index contributed by atoms with van der Waals surface area (Å²) in [5, 5.41) is 12.4. The van der Waals surface area contributed by atoms with Gasteiger partial charge in [0.1, 0.15) is 6.07 Å². The van der Waals surface area contributed by atoms with Gasteiger partial charge in [-0.3, -0.25) is 0 Å². The molecule has 23 heavy (non-hydrogen) atoms. The number of alkyl halides is 3. The average Bonchev–Trinajstić information content (AvgIpc) is 2.94. The van der Waals surface area contributed by atoms with Crippen LogP contribution in [0.15, 0.2) is 18.2 Å². The number of hydrogen-bond donors (Lipinski definition) is 1. The van der Waals surface area contributed by atoms with Gasteiger partial charge in [0.15, 0.2) is 0 Å². The van der Waals surface area contributed by atoms with Gasteiger partial charge in [0, 0.05) is 12.6 Å². The number of nitrogens with one attached hydrogen (secondary N) is 1. The van der Waals surface area contributed by atoms with Crippen LogP contribution in [0.5, 0.6) is 0 Å². The number of anilines is 1. The second kappa shape index (κ2) is 6.04. The lowest BCUT2D eigenvalue weighted by atomic mass is 9.88. The summed E-state index contributed by atoms with van der Waals surface area (Å²) in [5.74, 6) is 0. The van der Waals surface area contributed by atoms with E-state index in [1.807, 2.05) is 6.07 Å².